The molecule has 2 aromatic carbocycles. The lowest BCUT2D eigenvalue weighted by Gasteiger charge is -2.26. The molecule has 1 aliphatic rings. The lowest BCUT2D eigenvalue weighted by atomic mass is 10.0. The van der Waals surface area contributed by atoms with Crippen molar-refractivity contribution in [3.8, 4) is 11.8 Å². The summed E-state index contributed by atoms with van der Waals surface area (Å²) in [5.41, 5.74) is 1.62. The van der Waals surface area contributed by atoms with Gasteiger partial charge in [0, 0.05) is 23.7 Å². The first-order valence-electron chi connectivity index (χ1n) is 9.13. The van der Waals surface area contributed by atoms with Gasteiger partial charge in [0.25, 0.3) is 5.91 Å². The number of halogens is 1. The van der Waals surface area contributed by atoms with Crippen LogP contribution >= 0.6 is 0 Å². The Hall–Kier alpha value is -3.46. The zero-order valence-electron chi connectivity index (χ0n) is 15.1. The van der Waals surface area contributed by atoms with Crippen molar-refractivity contribution < 1.29 is 14.3 Å². The topological polar surface area (TPSA) is 77.2 Å². The Labute approximate surface area is 161 Å². The van der Waals surface area contributed by atoms with Crippen LogP contribution in [0, 0.1) is 17.1 Å². The molecular weight excluding hydrogens is 357 g/mol. The highest BCUT2D eigenvalue weighted by atomic mass is 19.1. The summed E-state index contributed by atoms with van der Waals surface area (Å²) in [5.74, 6) is -0.866. The monoisotopic (exact) mass is 375 g/mol. The van der Waals surface area contributed by atoms with E-state index in [0.29, 0.717) is 23.2 Å². The van der Waals surface area contributed by atoms with E-state index in [4.69, 9.17) is 5.26 Å². The molecule has 1 aromatic heterocycles. The van der Waals surface area contributed by atoms with Gasteiger partial charge in [-0.3, -0.25) is 9.78 Å². The summed E-state index contributed by atoms with van der Waals surface area (Å²) in [7, 11) is 0. The predicted octanol–water partition coefficient (Wildman–Crippen LogP) is 4.12. The SMILES string of the molecule is N#CCc1ccc([C@H]2CCCN2C(=O)c2ccc3cccnc3c2O)cc1F. The van der Waals surface area contributed by atoms with Crippen LogP contribution in [0.5, 0.6) is 5.75 Å². The first-order valence-corrected chi connectivity index (χ1v) is 9.13. The number of aromatic nitrogens is 1. The number of nitriles is 1. The Balaban J connectivity index is 1.67. The highest BCUT2D eigenvalue weighted by molar-refractivity contribution is 6.02. The van der Waals surface area contributed by atoms with Crippen LogP contribution < -0.4 is 0 Å². The van der Waals surface area contributed by atoms with E-state index in [2.05, 4.69) is 4.98 Å². The van der Waals surface area contributed by atoms with Crippen LogP contribution in [0.4, 0.5) is 4.39 Å². The number of hydrogen-bond donors (Lipinski definition) is 1. The number of hydrogen-bond acceptors (Lipinski definition) is 4. The summed E-state index contributed by atoms with van der Waals surface area (Å²) in [5, 5.41) is 20.1. The molecule has 4 rings (SSSR count). The van der Waals surface area contributed by atoms with Crippen molar-refractivity contribution in [3.63, 3.8) is 0 Å². The fourth-order valence-electron chi connectivity index (χ4n) is 3.81. The molecule has 5 nitrogen and oxygen atoms in total. The third-order valence-corrected chi connectivity index (χ3v) is 5.22. The average Bonchev–Trinajstić information content (AvgIpc) is 3.19. The van der Waals surface area contributed by atoms with Crippen molar-refractivity contribution in [2.45, 2.75) is 25.3 Å². The number of amides is 1. The smallest absolute Gasteiger partial charge is 0.258 e. The fraction of sp³-hybridized carbons (Fsp3) is 0.227. The lowest BCUT2D eigenvalue weighted by Crippen LogP contribution is -2.30. The molecule has 0 spiro atoms. The Morgan fingerprint density at radius 3 is 2.96 bits per heavy atom. The highest BCUT2D eigenvalue weighted by Gasteiger charge is 2.32. The zero-order valence-corrected chi connectivity index (χ0v) is 15.1. The van der Waals surface area contributed by atoms with Crippen LogP contribution in [-0.2, 0) is 6.42 Å². The third-order valence-electron chi connectivity index (χ3n) is 5.22. The van der Waals surface area contributed by atoms with Gasteiger partial charge >= 0.3 is 0 Å². The van der Waals surface area contributed by atoms with E-state index in [9.17, 15) is 14.3 Å². The Morgan fingerprint density at radius 1 is 1.32 bits per heavy atom. The second-order valence-corrected chi connectivity index (χ2v) is 6.88. The number of phenolic OH excluding ortho intramolecular Hbond substituents is 1. The molecule has 0 unspecified atom stereocenters. The maximum Gasteiger partial charge on any atom is 0.258 e. The number of benzene rings is 2. The predicted molar refractivity (Wildman–Crippen MR) is 102 cm³/mol. The van der Waals surface area contributed by atoms with E-state index in [1.807, 2.05) is 12.1 Å². The molecule has 1 saturated heterocycles. The minimum atomic E-state index is -0.434. The summed E-state index contributed by atoms with van der Waals surface area (Å²) in [6, 6.07) is 13.4. The maximum atomic E-state index is 14.3. The average molecular weight is 375 g/mol. The van der Waals surface area contributed by atoms with Gasteiger partial charge in [0.05, 0.1) is 24.1 Å². The van der Waals surface area contributed by atoms with E-state index in [1.165, 1.54) is 6.07 Å². The molecule has 28 heavy (non-hydrogen) atoms. The van der Waals surface area contributed by atoms with Crippen LogP contribution in [0.2, 0.25) is 0 Å². The second-order valence-electron chi connectivity index (χ2n) is 6.88. The fourth-order valence-corrected chi connectivity index (χ4v) is 3.81. The molecule has 0 radical (unpaired) electrons. The number of carbonyl (C=O) groups is 1. The molecule has 0 saturated carbocycles. The van der Waals surface area contributed by atoms with Gasteiger partial charge in [-0.15, -0.1) is 0 Å². The van der Waals surface area contributed by atoms with Gasteiger partial charge in [0.2, 0.25) is 0 Å². The molecule has 0 bridgehead atoms. The lowest BCUT2D eigenvalue weighted by molar-refractivity contribution is 0.0732. The molecule has 2 heterocycles. The number of aromatic hydroxyl groups is 1. The van der Waals surface area contributed by atoms with E-state index < -0.39 is 5.82 Å². The number of carbonyl (C=O) groups excluding carboxylic acids is 1. The number of likely N-dealkylation sites (tertiary alicyclic amines) is 1. The Morgan fingerprint density at radius 2 is 2.18 bits per heavy atom. The molecule has 1 N–H and O–H groups in total. The van der Waals surface area contributed by atoms with E-state index >= 15 is 0 Å². The van der Waals surface area contributed by atoms with Crippen LogP contribution in [0.15, 0.2) is 48.7 Å². The van der Waals surface area contributed by atoms with Crippen LogP contribution in [0.3, 0.4) is 0 Å². The summed E-state index contributed by atoms with van der Waals surface area (Å²) in [4.78, 5) is 19.0. The minimum Gasteiger partial charge on any atom is -0.505 e. The third kappa shape index (κ3) is 3.05. The number of rotatable bonds is 3. The molecule has 0 aliphatic carbocycles. The Kier molecular flexibility index (Phi) is 4.66. The molecule has 1 atom stereocenters. The van der Waals surface area contributed by atoms with Crippen molar-refractivity contribution in [1.29, 1.82) is 5.26 Å². The van der Waals surface area contributed by atoms with Crippen molar-refractivity contribution >= 4 is 16.8 Å². The van der Waals surface area contributed by atoms with Crippen LogP contribution in [0.25, 0.3) is 10.9 Å². The van der Waals surface area contributed by atoms with Gasteiger partial charge in [-0.1, -0.05) is 24.3 Å². The van der Waals surface area contributed by atoms with Gasteiger partial charge in [-0.25, -0.2) is 4.39 Å². The van der Waals surface area contributed by atoms with Gasteiger partial charge in [-0.05, 0) is 36.6 Å². The molecular formula is C22H18FN3O2. The van der Waals surface area contributed by atoms with Crippen molar-refractivity contribution in [2.75, 3.05) is 6.54 Å². The number of nitrogens with zero attached hydrogens (tertiary/aromatic N) is 3. The van der Waals surface area contributed by atoms with Gasteiger partial charge in [-0.2, -0.15) is 5.26 Å². The van der Waals surface area contributed by atoms with Crippen molar-refractivity contribution in [1.82, 2.24) is 9.88 Å². The van der Waals surface area contributed by atoms with Gasteiger partial charge in [0.15, 0.2) is 5.75 Å². The molecule has 140 valence electrons. The quantitative estimate of drug-likeness (QED) is 0.747. The summed E-state index contributed by atoms with van der Waals surface area (Å²) >= 11 is 0. The molecule has 6 heteroatoms. The maximum absolute atomic E-state index is 14.3. The van der Waals surface area contributed by atoms with Gasteiger partial charge < -0.3 is 10.0 Å². The minimum absolute atomic E-state index is 0.0113. The molecule has 1 aliphatic heterocycles. The zero-order chi connectivity index (χ0) is 19.7. The number of fused-ring (bicyclic) bond motifs is 1. The van der Waals surface area contributed by atoms with Crippen LogP contribution in [-0.4, -0.2) is 27.4 Å². The summed E-state index contributed by atoms with van der Waals surface area (Å²) in [6.45, 7) is 0.533. The van der Waals surface area contributed by atoms with E-state index in [1.54, 1.807) is 41.4 Å². The number of pyridine rings is 1. The van der Waals surface area contributed by atoms with Crippen LogP contribution in [0.1, 0.15) is 40.4 Å². The Bertz CT molecular complexity index is 1110. The standard InChI is InChI=1S/C22H18FN3O2/c23-18-13-16(6-5-14(18)9-10-24)19-4-2-12-26(19)22(28)17-8-7-15-3-1-11-25-20(15)21(17)27/h1,3,5-8,11,13,19,27H,2,4,9,12H2/t19-/m1/s1. The summed E-state index contributed by atoms with van der Waals surface area (Å²) in [6.07, 6.45) is 3.10. The van der Waals surface area contributed by atoms with E-state index in [0.717, 1.165) is 18.2 Å². The number of phenols is 1. The molecule has 1 fully saturated rings. The normalized spacial score (nSPS) is 16.3. The van der Waals surface area contributed by atoms with Crippen molar-refractivity contribution in [3.05, 3.63) is 71.2 Å². The van der Waals surface area contributed by atoms with Gasteiger partial charge in [0.1, 0.15) is 11.3 Å². The van der Waals surface area contributed by atoms with Crippen molar-refractivity contribution in [2.24, 2.45) is 0 Å². The molecule has 3 aromatic rings. The summed E-state index contributed by atoms with van der Waals surface area (Å²) < 4.78 is 14.3. The largest absolute Gasteiger partial charge is 0.505 e. The highest BCUT2D eigenvalue weighted by Crippen LogP contribution is 2.36. The van der Waals surface area contributed by atoms with E-state index in [-0.39, 0.29) is 29.7 Å². The first kappa shape index (κ1) is 17.9. The second kappa shape index (κ2) is 7.28. The first-order chi connectivity index (χ1) is 13.6. The molecule has 1 amide bonds.